The Bertz CT molecular complexity index is 370. The zero-order valence-corrected chi connectivity index (χ0v) is 12.6. The molecule has 1 unspecified atom stereocenters. The summed E-state index contributed by atoms with van der Waals surface area (Å²) in [5.74, 6) is 0.407. The van der Waals surface area contributed by atoms with Gasteiger partial charge in [-0.15, -0.1) is 11.6 Å². The third-order valence-electron chi connectivity index (χ3n) is 3.74. The summed E-state index contributed by atoms with van der Waals surface area (Å²) in [5, 5.41) is 0. The number of nitrogens with zero attached hydrogens (tertiary/aromatic N) is 2. The van der Waals surface area contributed by atoms with Crippen LogP contribution in [0.2, 0.25) is 0 Å². The van der Waals surface area contributed by atoms with E-state index in [2.05, 4.69) is 0 Å². The Kier molecular flexibility index (Phi) is 4.92. The molecule has 0 amide bonds. The summed E-state index contributed by atoms with van der Waals surface area (Å²) in [6.45, 7) is 3.30. The fourth-order valence-corrected chi connectivity index (χ4v) is 5.23. The van der Waals surface area contributed by atoms with Gasteiger partial charge in [0.15, 0.2) is 0 Å². The first-order valence-electron chi connectivity index (χ1n) is 6.95. The minimum atomic E-state index is -3.30. The van der Waals surface area contributed by atoms with Gasteiger partial charge in [0, 0.05) is 31.1 Å². The van der Waals surface area contributed by atoms with E-state index in [1.54, 1.807) is 8.61 Å². The molecular formula is C12H23ClN2O2S. The molecule has 1 aliphatic heterocycles. The molecule has 0 aromatic heterocycles. The highest BCUT2D eigenvalue weighted by atomic mass is 35.5. The molecule has 0 aromatic rings. The van der Waals surface area contributed by atoms with Crippen molar-refractivity contribution in [3.63, 3.8) is 0 Å². The minimum absolute atomic E-state index is 0.0106. The van der Waals surface area contributed by atoms with Gasteiger partial charge in [0.1, 0.15) is 0 Å². The van der Waals surface area contributed by atoms with Crippen LogP contribution in [0.15, 0.2) is 0 Å². The molecule has 2 aliphatic rings. The number of hydrogen-bond acceptors (Lipinski definition) is 2. The van der Waals surface area contributed by atoms with E-state index in [0.717, 1.165) is 38.5 Å². The maximum atomic E-state index is 12.7. The number of piperidine rings is 1. The van der Waals surface area contributed by atoms with Crippen LogP contribution < -0.4 is 0 Å². The van der Waals surface area contributed by atoms with Crippen molar-refractivity contribution in [3.05, 3.63) is 0 Å². The summed E-state index contributed by atoms with van der Waals surface area (Å²) in [6.07, 6.45) is 5.83. The zero-order chi connectivity index (χ0) is 13.2. The quantitative estimate of drug-likeness (QED) is 0.705. The third-order valence-corrected chi connectivity index (χ3v) is 6.25. The molecule has 0 N–H and O–H groups in total. The van der Waals surface area contributed by atoms with E-state index >= 15 is 0 Å². The van der Waals surface area contributed by atoms with Crippen LogP contribution in [0.3, 0.4) is 0 Å². The normalized spacial score (nSPS) is 26.7. The highest BCUT2D eigenvalue weighted by Crippen LogP contribution is 2.33. The summed E-state index contributed by atoms with van der Waals surface area (Å²) in [5.41, 5.74) is 0. The molecule has 1 aliphatic carbocycles. The lowest BCUT2D eigenvalue weighted by Crippen LogP contribution is -2.52. The lowest BCUT2D eigenvalue weighted by Gasteiger charge is -2.37. The summed E-state index contributed by atoms with van der Waals surface area (Å²) in [6, 6.07) is 0.233. The SMILES string of the molecule is CCCN(C1CC1)S(=O)(=O)N1CCCCC1CCl. The van der Waals surface area contributed by atoms with Crippen LogP contribution in [-0.2, 0) is 10.2 Å². The monoisotopic (exact) mass is 294 g/mol. The molecule has 6 heteroatoms. The Morgan fingerprint density at radius 2 is 2.00 bits per heavy atom. The van der Waals surface area contributed by atoms with Gasteiger partial charge in [-0.1, -0.05) is 13.3 Å². The third kappa shape index (κ3) is 3.00. The smallest absolute Gasteiger partial charge is 0.195 e. The average Bonchev–Trinajstić information content (AvgIpc) is 3.19. The largest absolute Gasteiger partial charge is 0.282 e. The molecular weight excluding hydrogens is 272 g/mol. The molecule has 0 spiro atoms. The van der Waals surface area contributed by atoms with Crippen LogP contribution >= 0.6 is 11.6 Å². The maximum Gasteiger partial charge on any atom is 0.282 e. The van der Waals surface area contributed by atoms with Gasteiger partial charge in [-0.05, 0) is 32.1 Å². The van der Waals surface area contributed by atoms with E-state index < -0.39 is 10.2 Å². The Hall–Kier alpha value is 0.160. The number of halogens is 1. The topological polar surface area (TPSA) is 40.6 Å². The van der Waals surface area contributed by atoms with Crippen LogP contribution in [0.1, 0.15) is 45.4 Å². The standard InChI is InChI=1S/C12H23ClN2O2S/c1-2-8-14(11-6-7-11)18(16,17)15-9-4-3-5-12(15)10-13/h11-12H,2-10H2,1H3. The van der Waals surface area contributed by atoms with E-state index in [1.807, 2.05) is 6.92 Å². The van der Waals surface area contributed by atoms with Gasteiger partial charge >= 0.3 is 0 Å². The number of rotatable bonds is 6. The molecule has 1 heterocycles. The van der Waals surface area contributed by atoms with Crippen molar-refractivity contribution in [1.82, 2.24) is 8.61 Å². The van der Waals surface area contributed by atoms with Crippen LogP contribution in [0, 0.1) is 0 Å². The first kappa shape index (κ1) is 14.6. The van der Waals surface area contributed by atoms with Gasteiger partial charge in [0.25, 0.3) is 10.2 Å². The van der Waals surface area contributed by atoms with E-state index in [0.29, 0.717) is 19.0 Å². The van der Waals surface area contributed by atoms with Crippen LogP contribution in [0.4, 0.5) is 0 Å². The Balaban J connectivity index is 2.16. The van der Waals surface area contributed by atoms with Crippen molar-refractivity contribution in [2.45, 2.75) is 57.5 Å². The second-order valence-corrected chi connectivity index (χ2v) is 7.41. The van der Waals surface area contributed by atoms with Gasteiger partial charge in [-0.25, -0.2) is 0 Å². The first-order chi connectivity index (χ1) is 8.61. The highest BCUT2D eigenvalue weighted by Gasteiger charge is 2.42. The Morgan fingerprint density at radius 3 is 2.56 bits per heavy atom. The lowest BCUT2D eigenvalue weighted by atomic mass is 10.1. The zero-order valence-electron chi connectivity index (χ0n) is 11.0. The van der Waals surface area contributed by atoms with E-state index in [-0.39, 0.29) is 12.1 Å². The maximum absolute atomic E-state index is 12.7. The van der Waals surface area contributed by atoms with Crippen molar-refractivity contribution in [3.8, 4) is 0 Å². The number of hydrogen-bond donors (Lipinski definition) is 0. The van der Waals surface area contributed by atoms with Crippen molar-refractivity contribution in [2.75, 3.05) is 19.0 Å². The van der Waals surface area contributed by atoms with Crippen molar-refractivity contribution in [2.24, 2.45) is 0 Å². The van der Waals surface area contributed by atoms with Gasteiger partial charge in [-0.3, -0.25) is 0 Å². The van der Waals surface area contributed by atoms with Gasteiger partial charge in [0.2, 0.25) is 0 Å². The van der Waals surface area contributed by atoms with Crippen LogP contribution in [0.5, 0.6) is 0 Å². The van der Waals surface area contributed by atoms with Crippen molar-refractivity contribution >= 4 is 21.8 Å². The second-order valence-electron chi connectivity index (χ2n) is 5.26. The molecule has 18 heavy (non-hydrogen) atoms. The molecule has 0 radical (unpaired) electrons. The van der Waals surface area contributed by atoms with Gasteiger partial charge < -0.3 is 0 Å². The van der Waals surface area contributed by atoms with Gasteiger partial charge in [0.05, 0.1) is 0 Å². The second kappa shape index (κ2) is 6.07. The molecule has 1 saturated carbocycles. The predicted octanol–water partition coefficient (Wildman–Crippen LogP) is 2.20. The summed E-state index contributed by atoms with van der Waals surface area (Å²) in [7, 11) is -3.30. The van der Waals surface area contributed by atoms with Crippen molar-refractivity contribution < 1.29 is 8.42 Å². The molecule has 0 bridgehead atoms. The van der Waals surface area contributed by atoms with Crippen LogP contribution in [-0.4, -0.2) is 48.1 Å². The Labute approximate surface area is 115 Å². The van der Waals surface area contributed by atoms with E-state index in [4.69, 9.17) is 11.6 Å². The minimum Gasteiger partial charge on any atom is -0.195 e. The molecule has 2 fully saturated rings. The molecule has 0 aromatic carbocycles. The van der Waals surface area contributed by atoms with Gasteiger partial charge in [-0.2, -0.15) is 17.0 Å². The molecule has 4 nitrogen and oxygen atoms in total. The molecule has 106 valence electrons. The molecule has 2 rings (SSSR count). The highest BCUT2D eigenvalue weighted by molar-refractivity contribution is 7.86. The Morgan fingerprint density at radius 1 is 1.28 bits per heavy atom. The fraction of sp³-hybridized carbons (Fsp3) is 1.00. The van der Waals surface area contributed by atoms with Crippen LogP contribution in [0.25, 0.3) is 0 Å². The average molecular weight is 295 g/mol. The summed E-state index contributed by atoms with van der Waals surface area (Å²) >= 11 is 5.93. The fourth-order valence-electron chi connectivity index (χ4n) is 2.64. The molecule has 1 atom stereocenters. The van der Waals surface area contributed by atoms with E-state index in [1.165, 1.54) is 0 Å². The van der Waals surface area contributed by atoms with E-state index in [9.17, 15) is 8.42 Å². The predicted molar refractivity (Wildman–Crippen MR) is 74.0 cm³/mol. The van der Waals surface area contributed by atoms with Crippen molar-refractivity contribution in [1.29, 1.82) is 0 Å². The summed E-state index contributed by atoms with van der Waals surface area (Å²) < 4.78 is 28.8. The number of alkyl halides is 1. The first-order valence-corrected chi connectivity index (χ1v) is 8.89. The summed E-state index contributed by atoms with van der Waals surface area (Å²) in [4.78, 5) is 0. The lowest BCUT2D eigenvalue weighted by molar-refractivity contribution is 0.244. The molecule has 1 saturated heterocycles.